The number of carbonyl (C=O) groups excluding carboxylic acids is 3. The minimum Gasteiger partial charge on any atom is -0.466 e. The van der Waals surface area contributed by atoms with Crippen molar-refractivity contribution >= 4 is 17.9 Å². The van der Waals surface area contributed by atoms with Gasteiger partial charge in [0.15, 0.2) is 0 Å². The highest BCUT2D eigenvalue weighted by molar-refractivity contribution is 5.69. The maximum absolute atomic E-state index is 12.3. The minimum atomic E-state index is -0.434. The molecule has 210 valence electrons. The first-order valence-electron chi connectivity index (χ1n) is 14.6. The number of carbonyl (C=O) groups is 3. The molecule has 0 saturated heterocycles. The number of aliphatic hydroxyl groups is 1. The van der Waals surface area contributed by atoms with Gasteiger partial charge < -0.3 is 19.3 Å². The van der Waals surface area contributed by atoms with Crippen molar-refractivity contribution in [3.05, 3.63) is 0 Å². The number of fused-ring (bicyclic) bond motifs is 5. The third-order valence-electron chi connectivity index (χ3n) is 11.2. The van der Waals surface area contributed by atoms with Gasteiger partial charge >= 0.3 is 17.9 Å². The van der Waals surface area contributed by atoms with E-state index >= 15 is 0 Å². The Bertz CT molecular complexity index is 872. The first kappa shape index (κ1) is 28.4. The van der Waals surface area contributed by atoms with E-state index in [2.05, 4.69) is 20.8 Å². The molecule has 4 rings (SSSR count). The molecule has 4 aliphatic rings. The molecule has 0 aromatic carbocycles. The summed E-state index contributed by atoms with van der Waals surface area (Å²) in [5.74, 6) is 1.00. The van der Waals surface area contributed by atoms with Crippen LogP contribution in [0, 0.1) is 46.3 Å². The van der Waals surface area contributed by atoms with Gasteiger partial charge in [0.05, 0.1) is 12.7 Å². The zero-order valence-electron chi connectivity index (χ0n) is 23.7. The Morgan fingerprint density at radius 3 is 2.32 bits per heavy atom. The second kappa shape index (κ2) is 10.9. The van der Waals surface area contributed by atoms with E-state index in [0.29, 0.717) is 31.3 Å². The monoisotopic (exact) mass is 520 g/mol. The molecular weight excluding hydrogens is 472 g/mol. The molecule has 4 aliphatic carbocycles. The Hall–Kier alpha value is -1.63. The maximum Gasteiger partial charge on any atom is 0.305 e. The predicted molar refractivity (Wildman–Crippen MR) is 138 cm³/mol. The molecule has 0 amide bonds. The minimum absolute atomic E-state index is 0.0217. The lowest BCUT2D eigenvalue weighted by molar-refractivity contribution is -0.218. The van der Waals surface area contributed by atoms with Gasteiger partial charge in [-0.1, -0.05) is 20.8 Å². The van der Waals surface area contributed by atoms with E-state index in [1.54, 1.807) is 0 Å². The summed E-state index contributed by atoms with van der Waals surface area (Å²) >= 11 is 0. The third kappa shape index (κ3) is 5.18. The van der Waals surface area contributed by atoms with E-state index in [-0.39, 0.29) is 64.6 Å². The molecule has 11 atom stereocenters. The van der Waals surface area contributed by atoms with E-state index in [0.717, 1.165) is 44.9 Å². The number of esters is 3. The van der Waals surface area contributed by atoms with Gasteiger partial charge in [-0.3, -0.25) is 14.4 Å². The molecule has 1 N–H and O–H groups in total. The van der Waals surface area contributed by atoms with Gasteiger partial charge in [-0.25, -0.2) is 0 Å². The molecule has 0 heterocycles. The molecule has 0 aromatic rings. The summed E-state index contributed by atoms with van der Waals surface area (Å²) in [6.07, 6.45) is 6.61. The van der Waals surface area contributed by atoms with Crippen LogP contribution in [0.5, 0.6) is 0 Å². The summed E-state index contributed by atoms with van der Waals surface area (Å²) in [4.78, 5) is 35.9. The fourth-order valence-electron chi connectivity index (χ4n) is 9.55. The predicted octanol–water partition coefficient (Wildman–Crippen LogP) is 5.07. The lowest BCUT2D eigenvalue weighted by Crippen LogP contribution is -2.63. The SMILES string of the molecule is CCOC(=O)CC[C@@H](C)[C@@H]1CC[C@@H]2[C@@H]3[C@@H](C[C@@H](O)[C@@]21C)[C@@]1(C)CC[C@H](OC(C)=O)C[C@@H]1C[C@H]3OC(C)=O. The maximum atomic E-state index is 12.3. The molecule has 4 saturated carbocycles. The fraction of sp³-hybridized carbons (Fsp3) is 0.900. The van der Waals surface area contributed by atoms with Gasteiger partial charge in [-0.05, 0) is 98.7 Å². The van der Waals surface area contributed by atoms with E-state index in [1.807, 2.05) is 6.92 Å². The van der Waals surface area contributed by atoms with Crippen molar-refractivity contribution in [3.8, 4) is 0 Å². The zero-order chi connectivity index (χ0) is 27.1. The lowest BCUT2D eigenvalue weighted by Gasteiger charge is -2.64. The van der Waals surface area contributed by atoms with Crippen LogP contribution < -0.4 is 0 Å². The lowest BCUT2D eigenvalue weighted by atomic mass is 9.43. The first-order valence-corrected chi connectivity index (χ1v) is 14.6. The molecule has 0 radical (unpaired) electrons. The summed E-state index contributed by atoms with van der Waals surface area (Å²) in [7, 11) is 0. The Balaban J connectivity index is 1.59. The normalized spacial score (nSPS) is 43.5. The Morgan fingerprint density at radius 1 is 0.973 bits per heavy atom. The quantitative estimate of drug-likeness (QED) is 0.370. The van der Waals surface area contributed by atoms with Crippen molar-refractivity contribution in [2.24, 2.45) is 46.3 Å². The Kier molecular flexibility index (Phi) is 8.33. The summed E-state index contributed by atoms with van der Waals surface area (Å²) in [6.45, 7) is 12.0. The number of aliphatic hydroxyl groups excluding tert-OH is 1. The van der Waals surface area contributed by atoms with Gasteiger partial charge in [-0.15, -0.1) is 0 Å². The average Bonchev–Trinajstić information content (AvgIpc) is 3.17. The van der Waals surface area contributed by atoms with Crippen molar-refractivity contribution in [1.82, 2.24) is 0 Å². The molecule has 0 aliphatic heterocycles. The molecule has 7 nitrogen and oxygen atoms in total. The fourth-order valence-corrected chi connectivity index (χ4v) is 9.55. The van der Waals surface area contributed by atoms with Crippen LogP contribution in [0.2, 0.25) is 0 Å². The second-order valence-electron chi connectivity index (χ2n) is 13.0. The molecule has 37 heavy (non-hydrogen) atoms. The van der Waals surface area contributed by atoms with Crippen LogP contribution >= 0.6 is 0 Å². The highest BCUT2D eigenvalue weighted by Crippen LogP contribution is 2.68. The molecule has 0 aromatic heterocycles. The molecule has 0 spiro atoms. The largest absolute Gasteiger partial charge is 0.466 e. The zero-order valence-corrected chi connectivity index (χ0v) is 23.7. The number of hydrogen-bond acceptors (Lipinski definition) is 7. The number of rotatable bonds is 7. The van der Waals surface area contributed by atoms with Crippen molar-refractivity contribution in [2.45, 2.75) is 118 Å². The van der Waals surface area contributed by atoms with E-state index in [9.17, 15) is 19.5 Å². The van der Waals surface area contributed by atoms with Crippen LogP contribution in [0.4, 0.5) is 0 Å². The molecule has 0 unspecified atom stereocenters. The van der Waals surface area contributed by atoms with Gasteiger partial charge in [-0.2, -0.15) is 0 Å². The topological polar surface area (TPSA) is 99.1 Å². The molecule has 0 bridgehead atoms. The van der Waals surface area contributed by atoms with Crippen LogP contribution in [-0.2, 0) is 28.6 Å². The number of ether oxygens (including phenoxy) is 3. The van der Waals surface area contributed by atoms with Gasteiger partial charge in [0.25, 0.3) is 0 Å². The summed E-state index contributed by atoms with van der Waals surface area (Å²) in [5, 5.41) is 11.8. The van der Waals surface area contributed by atoms with Crippen LogP contribution in [-0.4, -0.2) is 47.9 Å². The third-order valence-corrected chi connectivity index (χ3v) is 11.2. The van der Waals surface area contributed by atoms with Crippen LogP contribution in [0.3, 0.4) is 0 Å². The van der Waals surface area contributed by atoms with E-state index < -0.39 is 6.10 Å². The van der Waals surface area contributed by atoms with E-state index in [4.69, 9.17) is 14.2 Å². The number of hydrogen-bond donors (Lipinski definition) is 1. The average molecular weight is 521 g/mol. The molecule has 4 fully saturated rings. The first-order chi connectivity index (χ1) is 17.4. The summed E-state index contributed by atoms with van der Waals surface area (Å²) in [6, 6.07) is 0. The van der Waals surface area contributed by atoms with Crippen molar-refractivity contribution < 1.29 is 33.7 Å². The van der Waals surface area contributed by atoms with Crippen molar-refractivity contribution in [2.75, 3.05) is 6.61 Å². The van der Waals surface area contributed by atoms with Crippen LogP contribution in [0.1, 0.15) is 99.3 Å². The Labute approximate surface area is 222 Å². The Morgan fingerprint density at radius 2 is 1.68 bits per heavy atom. The van der Waals surface area contributed by atoms with E-state index in [1.165, 1.54) is 13.8 Å². The highest BCUT2D eigenvalue weighted by atomic mass is 16.5. The van der Waals surface area contributed by atoms with Gasteiger partial charge in [0.1, 0.15) is 12.2 Å². The summed E-state index contributed by atoms with van der Waals surface area (Å²) in [5.41, 5.74) is -0.250. The van der Waals surface area contributed by atoms with Crippen molar-refractivity contribution in [3.63, 3.8) is 0 Å². The van der Waals surface area contributed by atoms with Crippen LogP contribution in [0.15, 0.2) is 0 Å². The highest BCUT2D eigenvalue weighted by Gasteiger charge is 2.66. The van der Waals surface area contributed by atoms with Gasteiger partial charge in [0.2, 0.25) is 0 Å². The van der Waals surface area contributed by atoms with Crippen LogP contribution in [0.25, 0.3) is 0 Å². The van der Waals surface area contributed by atoms with Crippen molar-refractivity contribution in [1.29, 1.82) is 0 Å². The van der Waals surface area contributed by atoms with Gasteiger partial charge in [0, 0.05) is 26.2 Å². The molecule has 7 heteroatoms. The standard InChI is InChI=1S/C30H48O7/c1-7-35-27(34)11-8-17(2)22-9-10-23-28-24(16-26(33)30(22,23)6)29(5)13-12-21(36-18(3)31)14-20(29)15-25(28)37-19(4)32/h17,20-26,28,33H,7-16H2,1-6H3/t17-,20-,21+,22+,23-,24-,25-,26-,28-,29+,30-/m1/s1. The summed E-state index contributed by atoms with van der Waals surface area (Å²) < 4.78 is 16.8. The molecular formula is C30H48O7. The second-order valence-corrected chi connectivity index (χ2v) is 13.0. The smallest absolute Gasteiger partial charge is 0.305 e.